The number of nitrogens with zero attached hydrogens (tertiary/aromatic N) is 2. The first kappa shape index (κ1) is 12.3. The number of anilines is 1. The van der Waals surface area contributed by atoms with Gasteiger partial charge in [0.2, 0.25) is 0 Å². The monoisotopic (exact) mass is 255 g/mol. The van der Waals surface area contributed by atoms with Crippen LogP contribution in [0, 0.1) is 0 Å². The van der Waals surface area contributed by atoms with Crippen molar-refractivity contribution in [3.05, 3.63) is 48.0 Å². The molecule has 0 amide bonds. The minimum Gasteiger partial charge on any atom is -0.384 e. The number of aromatic nitrogens is 2. The Morgan fingerprint density at radius 3 is 3.05 bits per heavy atom. The van der Waals surface area contributed by atoms with Gasteiger partial charge in [-0.05, 0) is 29.5 Å². The molecular weight excluding hydrogens is 234 g/mol. The van der Waals surface area contributed by atoms with Crippen LogP contribution in [0.25, 0.3) is 0 Å². The summed E-state index contributed by atoms with van der Waals surface area (Å²) in [7, 11) is 0. The fourth-order valence-electron chi connectivity index (χ4n) is 2.76. The Morgan fingerprint density at radius 2 is 2.32 bits per heavy atom. The van der Waals surface area contributed by atoms with Crippen molar-refractivity contribution in [2.75, 3.05) is 11.9 Å². The average molecular weight is 255 g/mol. The zero-order chi connectivity index (χ0) is 13.2. The zero-order valence-corrected chi connectivity index (χ0v) is 11.6. The Morgan fingerprint density at radius 1 is 1.42 bits per heavy atom. The summed E-state index contributed by atoms with van der Waals surface area (Å²) in [5.74, 6) is 1.22. The number of fused-ring (bicyclic) bond motifs is 1. The van der Waals surface area contributed by atoms with Crippen LogP contribution in [0.5, 0.6) is 0 Å². The number of imidazole rings is 1. The Bertz CT molecular complexity index is 543. The molecule has 0 radical (unpaired) electrons. The molecule has 1 atom stereocenters. The smallest absolute Gasteiger partial charge is 0.0945 e. The number of rotatable bonds is 4. The van der Waals surface area contributed by atoms with Gasteiger partial charge in [0, 0.05) is 37.1 Å². The molecule has 2 heterocycles. The number of aryl methyl sites for hydroxylation is 1. The minimum absolute atomic E-state index is 0.597. The van der Waals surface area contributed by atoms with Gasteiger partial charge in [-0.15, -0.1) is 0 Å². The van der Waals surface area contributed by atoms with E-state index in [0.29, 0.717) is 11.8 Å². The minimum atomic E-state index is 0.597. The molecule has 100 valence electrons. The van der Waals surface area contributed by atoms with E-state index in [-0.39, 0.29) is 0 Å². The summed E-state index contributed by atoms with van der Waals surface area (Å²) in [5.41, 5.74) is 4.25. The van der Waals surface area contributed by atoms with Crippen LogP contribution in [0.3, 0.4) is 0 Å². The third kappa shape index (κ3) is 2.50. The van der Waals surface area contributed by atoms with Gasteiger partial charge in [0.05, 0.1) is 6.33 Å². The summed E-state index contributed by atoms with van der Waals surface area (Å²) < 4.78 is 2.16. The number of benzene rings is 1. The predicted molar refractivity (Wildman–Crippen MR) is 78.6 cm³/mol. The topological polar surface area (TPSA) is 29.9 Å². The lowest BCUT2D eigenvalue weighted by molar-refractivity contribution is 0.574. The quantitative estimate of drug-likeness (QED) is 0.904. The predicted octanol–water partition coefficient (Wildman–Crippen LogP) is 3.61. The van der Waals surface area contributed by atoms with Gasteiger partial charge in [0.25, 0.3) is 0 Å². The van der Waals surface area contributed by atoms with Gasteiger partial charge in [0.15, 0.2) is 0 Å². The maximum Gasteiger partial charge on any atom is 0.0945 e. The molecule has 2 aromatic rings. The van der Waals surface area contributed by atoms with Gasteiger partial charge < -0.3 is 9.88 Å². The van der Waals surface area contributed by atoms with Crippen LogP contribution in [-0.4, -0.2) is 16.1 Å². The summed E-state index contributed by atoms with van der Waals surface area (Å²) in [6, 6.07) is 6.87. The molecule has 1 aliphatic heterocycles. The summed E-state index contributed by atoms with van der Waals surface area (Å²) in [6.07, 6.45) is 6.94. The van der Waals surface area contributed by atoms with E-state index in [4.69, 9.17) is 0 Å². The van der Waals surface area contributed by atoms with Gasteiger partial charge in [-0.1, -0.05) is 26.0 Å². The fourth-order valence-corrected chi connectivity index (χ4v) is 2.76. The molecule has 1 N–H and O–H groups in total. The summed E-state index contributed by atoms with van der Waals surface area (Å²) in [5, 5.41) is 3.52. The van der Waals surface area contributed by atoms with Crippen molar-refractivity contribution in [3.63, 3.8) is 0 Å². The SMILES string of the molecule is CC(C)c1ccc2c(c1)C(CCn1ccnc1)CN2. The molecule has 1 aromatic heterocycles. The van der Waals surface area contributed by atoms with Crippen molar-refractivity contribution in [2.24, 2.45) is 0 Å². The lowest BCUT2D eigenvalue weighted by atomic mass is 9.93. The largest absolute Gasteiger partial charge is 0.384 e. The Balaban J connectivity index is 1.75. The van der Waals surface area contributed by atoms with Crippen molar-refractivity contribution in [1.29, 1.82) is 0 Å². The number of hydrogen-bond acceptors (Lipinski definition) is 2. The molecule has 3 nitrogen and oxygen atoms in total. The van der Waals surface area contributed by atoms with Gasteiger partial charge in [-0.3, -0.25) is 0 Å². The molecule has 0 spiro atoms. The van der Waals surface area contributed by atoms with E-state index in [1.807, 2.05) is 18.7 Å². The lowest BCUT2D eigenvalue weighted by Gasteiger charge is -2.13. The van der Waals surface area contributed by atoms with Gasteiger partial charge in [-0.25, -0.2) is 4.98 Å². The maximum absolute atomic E-state index is 4.10. The Hall–Kier alpha value is -1.77. The third-order valence-electron chi connectivity index (χ3n) is 4.02. The van der Waals surface area contributed by atoms with E-state index >= 15 is 0 Å². The van der Waals surface area contributed by atoms with E-state index in [2.05, 4.69) is 46.9 Å². The second kappa shape index (κ2) is 5.08. The van der Waals surface area contributed by atoms with Gasteiger partial charge in [-0.2, -0.15) is 0 Å². The maximum atomic E-state index is 4.10. The highest BCUT2D eigenvalue weighted by Gasteiger charge is 2.22. The molecule has 1 aliphatic rings. The van der Waals surface area contributed by atoms with Crippen molar-refractivity contribution in [2.45, 2.75) is 38.6 Å². The molecule has 0 fully saturated rings. The van der Waals surface area contributed by atoms with Crippen molar-refractivity contribution < 1.29 is 0 Å². The van der Waals surface area contributed by atoms with Crippen LogP contribution in [0.1, 0.15) is 43.2 Å². The molecule has 0 saturated carbocycles. The van der Waals surface area contributed by atoms with Gasteiger partial charge >= 0.3 is 0 Å². The fraction of sp³-hybridized carbons (Fsp3) is 0.438. The first-order valence-electron chi connectivity index (χ1n) is 7.07. The van der Waals surface area contributed by atoms with Crippen LogP contribution in [-0.2, 0) is 6.54 Å². The van der Waals surface area contributed by atoms with Crippen LogP contribution in [0.15, 0.2) is 36.9 Å². The molecule has 1 aromatic carbocycles. The molecule has 0 aliphatic carbocycles. The lowest BCUT2D eigenvalue weighted by Crippen LogP contribution is -2.06. The van der Waals surface area contributed by atoms with Crippen molar-refractivity contribution >= 4 is 5.69 Å². The number of nitrogens with one attached hydrogen (secondary N) is 1. The Labute approximate surface area is 114 Å². The second-order valence-corrected chi connectivity index (χ2v) is 5.67. The second-order valence-electron chi connectivity index (χ2n) is 5.67. The van der Waals surface area contributed by atoms with Crippen LogP contribution >= 0.6 is 0 Å². The molecular formula is C16H21N3. The van der Waals surface area contributed by atoms with Crippen molar-refractivity contribution in [3.8, 4) is 0 Å². The van der Waals surface area contributed by atoms with E-state index in [9.17, 15) is 0 Å². The Kier molecular flexibility index (Phi) is 3.28. The molecule has 0 bridgehead atoms. The van der Waals surface area contributed by atoms with E-state index < -0.39 is 0 Å². The average Bonchev–Trinajstić information content (AvgIpc) is 3.05. The zero-order valence-electron chi connectivity index (χ0n) is 11.6. The van der Waals surface area contributed by atoms with Crippen molar-refractivity contribution in [1.82, 2.24) is 9.55 Å². The molecule has 3 rings (SSSR count). The summed E-state index contributed by atoms with van der Waals surface area (Å²) in [4.78, 5) is 4.10. The van der Waals surface area contributed by atoms with E-state index in [0.717, 1.165) is 19.5 Å². The van der Waals surface area contributed by atoms with E-state index in [1.54, 1.807) is 0 Å². The molecule has 3 heteroatoms. The highest BCUT2D eigenvalue weighted by molar-refractivity contribution is 5.59. The molecule has 1 unspecified atom stereocenters. The van der Waals surface area contributed by atoms with Crippen LogP contribution in [0.2, 0.25) is 0 Å². The number of hydrogen-bond donors (Lipinski definition) is 1. The summed E-state index contributed by atoms with van der Waals surface area (Å²) in [6.45, 7) is 6.61. The summed E-state index contributed by atoms with van der Waals surface area (Å²) >= 11 is 0. The highest BCUT2D eigenvalue weighted by atomic mass is 15.0. The molecule has 0 saturated heterocycles. The standard InChI is InChI=1S/C16H21N3/c1-12(2)13-3-4-16-15(9-13)14(10-18-16)5-7-19-8-6-17-11-19/h3-4,6,8-9,11-12,14,18H,5,7,10H2,1-2H3. The van der Waals surface area contributed by atoms with Crippen LogP contribution < -0.4 is 5.32 Å². The first-order chi connectivity index (χ1) is 9.24. The van der Waals surface area contributed by atoms with Gasteiger partial charge in [0.1, 0.15) is 0 Å². The first-order valence-corrected chi connectivity index (χ1v) is 7.07. The third-order valence-corrected chi connectivity index (χ3v) is 4.02. The highest BCUT2D eigenvalue weighted by Crippen LogP contribution is 2.35. The molecule has 19 heavy (non-hydrogen) atoms. The normalized spacial score (nSPS) is 17.5. The van der Waals surface area contributed by atoms with E-state index in [1.165, 1.54) is 16.8 Å². The van der Waals surface area contributed by atoms with Crippen LogP contribution in [0.4, 0.5) is 5.69 Å².